The lowest BCUT2D eigenvalue weighted by molar-refractivity contribution is 0.159. The van der Waals surface area contributed by atoms with Gasteiger partial charge < -0.3 is 4.74 Å². The van der Waals surface area contributed by atoms with Crippen molar-refractivity contribution >= 4 is 47.9 Å². The van der Waals surface area contributed by atoms with E-state index in [-0.39, 0.29) is 21.7 Å². The van der Waals surface area contributed by atoms with Gasteiger partial charge in [0, 0.05) is 4.47 Å². The topological polar surface area (TPSA) is 145 Å². The van der Waals surface area contributed by atoms with Gasteiger partial charge in [-0.05, 0) is 41.1 Å². The van der Waals surface area contributed by atoms with E-state index in [2.05, 4.69) is 20.7 Å². The standard InChI is InChI=1S/C9H12BrN3O6S2/c1-2-19-9(14)13-21(17,18)12-8-4-3-6(5-7(8)10)20(11,15)16/h3-5,12H,2H2,1H3,(H,13,14)(H2,11,15,16). The highest BCUT2D eigenvalue weighted by molar-refractivity contribution is 9.10. The molecule has 0 bridgehead atoms. The van der Waals surface area contributed by atoms with Crippen LogP contribution < -0.4 is 14.6 Å². The van der Waals surface area contributed by atoms with Gasteiger partial charge in [0.15, 0.2) is 0 Å². The molecular weight excluding hydrogens is 390 g/mol. The van der Waals surface area contributed by atoms with E-state index in [0.717, 1.165) is 12.1 Å². The molecule has 0 unspecified atom stereocenters. The Balaban J connectivity index is 2.96. The SMILES string of the molecule is CCOC(=O)NS(=O)(=O)Nc1ccc(S(N)(=O)=O)cc1Br. The molecule has 0 radical (unpaired) electrons. The second-order valence-electron chi connectivity index (χ2n) is 3.61. The molecule has 0 aliphatic carbocycles. The van der Waals surface area contributed by atoms with Crippen LogP contribution >= 0.6 is 15.9 Å². The molecule has 118 valence electrons. The molecule has 21 heavy (non-hydrogen) atoms. The van der Waals surface area contributed by atoms with Crippen molar-refractivity contribution in [2.24, 2.45) is 5.14 Å². The predicted octanol–water partition coefficient (Wildman–Crippen LogP) is 0.499. The van der Waals surface area contributed by atoms with Gasteiger partial charge in [0.25, 0.3) is 0 Å². The Bertz CT molecular complexity index is 747. The van der Waals surface area contributed by atoms with Crippen LogP contribution in [-0.2, 0) is 25.0 Å². The number of hydrogen-bond acceptors (Lipinski definition) is 6. The minimum Gasteiger partial charge on any atom is -0.449 e. The van der Waals surface area contributed by atoms with Crippen LogP contribution in [0.3, 0.4) is 0 Å². The van der Waals surface area contributed by atoms with E-state index in [1.165, 1.54) is 13.0 Å². The molecule has 0 aliphatic heterocycles. The Hall–Kier alpha value is -1.37. The van der Waals surface area contributed by atoms with Gasteiger partial charge in [0.1, 0.15) is 0 Å². The third kappa shape index (κ3) is 5.49. The lowest BCUT2D eigenvalue weighted by Crippen LogP contribution is -2.35. The molecule has 0 aliphatic rings. The number of hydrogen-bond donors (Lipinski definition) is 3. The molecule has 4 N–H and O–H groups in total. The average Bonchev–Trinajstić information content (AvgIpc) is 2.29. The average molecular weight is 402 g/mol. The van der Waals surface area contributed by atoms with E-state index in [0.29, 0.717) is 0 Å². The molecule has 12 heteroatoms. The molecule has 1 aromatic rings. The second kappa shape index (κ2) is 6.60. The van der Waals surface area contributed by atoms with E-state index < -0.39 is 26.3 Å². The van der Waals surface area contributed by atoms with E-state index in [1.54, 1.807) is 4.72 Å². The van der Waals surface area contributed by atoms with Crippen molar-refractivity contribution in [3.63, 3.8) is 0 Å². The van der Waals surface area contributed by atoms with Crippen LogP contribution in [-0.4, -0.2) is 29.5 Å². The molecule has 1 rings (SSSR count). The van der Waals surface area contributed by atoms with Gasteiger partial charge in [0.05, 0.1) is 17.2 Å². The summed E-state index contributed by atoms with van der Waals surface area (Å²) in [7, 11) is -8.12. The number of sulfonamides is 1. The highest BCUT2D eigenvalue weighted by atomic mass is 79.9. The molecular formula is C9H12BrN3O6S2. The fraction of sp³-hybridized carbons (Fsp3) is 0.222. The first kappa shape index (κ1) is 17.7. The maximum atomic E-state index is 11.6. The first-order valence-electron chi connectivity index (χ1n) is 5.35. The van der Waals surface area contributed by atoms with Crippen molar-refractivity contribution < 1.29 is 26.4 Å². The summed E-state index contributed by atoms with van der Waals surface area (Å²) in [5, 5.41) is 4.94. The van der Waals surface area contributed by atoms with Crippen LogP contribution in [0.15, 0.2) is 27.6 Å². The Labute approximate surface area is 130 Å². The van der Waals surface area contributed by atoms with Crippen LogP contribution in [0.2, 0.25) is 0 Å². The van der Waals surface area contributed by atoms with Crippen molar-refractivity contribution in [3.05, 3.63) is 22.7 Å². The second-order valence-corrected chi connectivity index (χ2v) is 7.45. The number of rotatable bonds is 5. The number of primary sulfonamides is 1. The van der Waals surface area contributed by atoms with Crippen molar-refractivity contribution in [2.45, 2.75) is 11.8 Å². The fourth-order valence-electron chi connectivity index (χ4n) is 1.20. The highest BCUT2D eigenvalue weighted by Crippen LogP contribution is 2.25. The summed E-state index contributed by atoms with van der Waals surface area (Å²) in [6.07, 6.45) is -1.14. The summed E-state index contributed by atoms with van der Waals surface area (Å²) in [6, 6.07) is 3.41. The number of nitrogens with one attached hydrogen (secondary N) is 2. The van der Waals surface area contributed by atoms with Crippen LogP contribution in [0.25, 0.3) is 0 Å². The largest absolute Gasteiger partial charge is 0.449 e. The summed E-state index contributed by atoms with van der Waals surface area (Å²) in [6.45, 7) is 1.52. The van der Waals surface area contributed by atoms with Gasteiger partial charge in [-0.25, -0.2) is 23.1 Å². The molecule has 1 amide bonds. The lowest BCUT2D eigenvalue weighted by atomic mass is 10.3. The quantitative estimate of drug-likeness (QED) is 0.654. The molecule has 0 heterocycles. The molecule has 0 spiro atoms. The third-order valence-corrected chi connectivity index (χ3v) is 4.50. The maximum absolute atomic E-state index is 11.6. The Morgan fingerprint density at radius 1 is 1.33 bits per heavy atom. The Kier molecular flexibility index (Phi) is 5.55. The van der Waals surface area contributed by atoms with E-state index in [4.69, 9.17) is 5.14 Å². The molecule has 0 saturated carbocycles. The summed E-state index contributed by atoms with van der Waals surface area (Å²) < 4.78 is 53.8. The molecule has 9 nitrogen and oxygen atoms in total. The van der Waals surface area contributed by atoms with Gasteiger partial charge in [-0.1, -0.05) is 0 Å². The molecule has 0 aromatic heterocycles. The summed E-state index contributed by atoms with van der Waals surface area (Å²) in [5.74, 6) is 0. The van der Waals surface area contributed by atoms with Gasteiger partial charge in [-0.15, -0.1) is 0 Å². The zero-order valence-corrected chi connectivity index (χ0v) is 13.9. The number of halogens is 1. The number of carbonyl (C=O) groups excluding carboxylic acids is 1. The number of ether oxygens (including phenoxy) is 1. The van der Waals surface area contributed by atoms with Gasteiger partial charge in [-0.3, -0.25) is 4.72 Å². The van der Waals surface area contributed by atoms with Gasteiger partial charge in [-0.2, -0.15) is 8.42 Å². The summed E-state index contributed by atoms with van der Waals surface area (Å²) in [5.41, 5.74) is 0.0131. The van der Waals surface area contributed by atoms with E-state index >= 15 is 0 Å². The van der Waals surface area contributed by atoms with E-state index in [1.807, 2.05) is 4.72 Å². The van der Waals surface area contributed by atoms with Crippen molar-refractivity contribution in [1.82, 2.24) is 4.72 Å². The van der Waals surface area contributed by atoms with Crippen LogP contribution in [0.4, 0.5) is 10.5 Å². The number of carbonyl (C=O) groups is 1. The summed E-state index contributed by atoms with van der Waals surface area (Å²) in [4.78, 5) is 10.9. The van der Waals surface area contributed by atoms with Crippen molar-refractivity contribution in [3.8, 4) is 0 Å². The monoisotopic (exact) mass is 401 g/mol. The first-order chi connectivity index (χ1) is 9.55. The Morgan fingerprint density at radius 3 is 2.43 bits per heavy atom. The number of nitrogens with two attached hydrogens (primary N) is 1. The normalized spacial score (nSPS) is 11.8. The Morgan fingerprint density at radius 2 is 1.95 bits per heavy atom. The van der Waals surface area contributed by atoms with Gasteiger partial charge in [0.2, 0.25) is 10.0 Å². The smallest absolute Gasteiger partial charge is 0.422 e. The van der Waals surface area contributed by atoms with Crippen LogP contribution in [0, 0.1) is 0 Å². The van der Waals surface area contributed by atoms with Crippen LogP contribution in [0.5, 0.6) is 0 Å². The molecule has 0 atom stereocenters. The number of benzene rings is 1. The highest BCUT2D eigenvalue weighted by Gasteiger charge is 2.17. The lowest BCUT2D eigenvalue weighted by Gasteiger charge is -2.11. The first-order valence-corrected chi connectivity index (χ1v) is 9.17. The minimum atomic E-state index is -4.21. The molecule has 0 fully saturated rings. The predicted molar refractivity (Wildman–Crippen MR) is 78.2 cm³/mol. The zero-order valence-electron chi connectivity index (χ0n) is 10.7. The number of amides is 1. The molecule has 1 aromatic carbocycles. The molecule has 0 saturated heterocycles. The summed E-state index contributed by atoms with van der Waals surface area (Å²) >= 11 is 3.00. The van der Waals surface area contributed by atoms with Gasteiger partial charge >= 0.3 is 16.3 Å². The minimum absolute atomic E-state index is 0.00804. The fourth-order valence-corrected chi connectivity index (χ4v) is 3.29. The maximum Gasteiger partial charge on any atom is 0.422 e. The van der Waals surface area contributed by atoms with Crippen molar-refractivity contribution in [1.29, 1.82) is 0 Å². The third-order valence-electron chi connectivity index (χ3n) is 2.01. The van der Waals surface area contributed by atoms with Crippen molar-refractivity contribution in [2.75, 3.05) is 11.3 Å². The zero-order chi connectivity index (χ0) is 16.3. The van der Waals surface area contributed by atoms with E-state index in [9.17, 15) is 21.6 Å². The van der Waals surface area contributed by atoms with Crippen LogP contribution in [0.1, 0.15) is 6.92 Å². The number of anilines is 1.